The molecule has 0 atom stereocenters. The normalized spacial score (nSPS) is 10.8. The van der Waals surface area contributed by atoms with E-state index in [1.807, 2.05) is 6.07 Å². The Balaban J connectivity index is 2.55. The van der Waals surface area contributed by atoms with Crippen LogP contribution in [0.2, 0.25) is 0 Å². The fourth-order valence-electron chi connectivity index (χ4n) is 1.94. The molecule has 0 nitrogen and oxygen atoms in total. The maximum atomic E-state index is 4.39. The predicted molar refractivity (Wildman–Crippen MR) is 73.2 cm³/mol. The van der Waals surface area contributed by atoms with Gasteiger partial charge in [0.15, 0.2) is 0 Å². The van der Waals surface area contributed by atoms with Crippen LogP contribution >= 0.6 is 12.6 Å². The second kappa shape index (κ2) is 4.75. The highest BCUT2D eigenvalue weighted by Gasteiger charge is 2.07. The molecule has 1 heteroatoms. The van der Waals surface area contributed by atoms with Gasteiger partial charge in [0.1, 0.15) is 0 Å². The minimum absolute atomic E-state index is 0.541. The van der Waals surface area contributed by atoms with E-state index in [4.69, 9.17) is 0 Å². The first-order valence-electron chi connectivity index (χ1n) is 5.57. The largest absolute Gasteiger partial charge is 0.143 e. The number of rotatable bonds is 2. The quantitative estimate of drug-likeness (QED) is 0.703. The third-order valence-electron chi connectivity index (χ3n) is 2.74. The summed E-state index contributed by atoms with van der Waals surface area (Å²) in [5.41, 5.74) is 3.95. The Morgan fingerprint density at radius 2 is 1.69 bits per heavy atom. The molecule has 2 aromatic rings. The number of benzene rings is 2. The third-order valence-corrected chi connectivity index (χ3v) is 3.02. The van der Waals surface area contributed by atoms with E-state index in [2.05, 4.69) is 68.9 Å². The summed E-state index contributed by atoms with van der Waals surface area (Å²) in [6.45, 7) is 4.45. The standard InChI is InChI=1S/C15H16S/c1-11(2)14-8-3-4-9-15(14)12-6-5-7-13(16)10-12/h3-11,16H,1-2H3. The van der Waals surface area contributed by atoms with Crippen LogP contribution in [0.4, 0.5) is 0 Å². The van der Waals surface area contributed by atoms with E-state index >= 15 is 0 Å². The molecule has 0 spiro atoms. The number of thiol groups is 1. The average molecular weight is 228 g/mol. The van der Waals surface area contributed by atoms with Crippen LogP contribution in [0.1, 0.15) is 25.3 Å². The molecule has 0 aliphatic heterocycles. The molecule has 2 rings (SSSR count). The van der Waals surface area contributed by atoms with Crippen LogP contribution < -0.4 is 0 Å². The average Bonchev–Trinajstić information content (AvgIpc) is 2.29. The van der Waals surface area contributed by atoms with Crippen molar-refractivity contribution in [2.75, 3.05) is 0 Å². The van der Waals surface area contributed by atoms with Crippen molar-refractivity contribution in [3.05, 3.63) is 54.1 Å². The van der Waals surface area contributed by atoms with Gasteiger partial charge in [0.25, 0.3) is 0 Å². The van der Waals surface area contributed by atoms with Gasteiger partial charge in [-0.25, -0.2) is 0 Å². The van der Waals surface area contributed by atoms with Crippen molar-refractivity contribution in [3.8, 4) is 11.1 Å². The van der Waals surface area contributed by atoms with Crippen molar-refractivity contribution in [2.24, 2.45) is 0 Å². The van der Waals surface area contributed by atoms with Gasteiger partial charge in [0.05, 0.1) is 0 Å². The fourth-order valence-corrected chi connectivity index (χ4v) is 2.16. The molecule has 2 aromatic carbocycles. The lowest BCUT2D eigenvalue weighted by Crippen LogP contribution is -1.91. The minimum Gasteiger partial charge on any atom is -0.143 e. The molecule has 0 aromatic heterocycles. The summed E-state index contributed by atoms with van der Waals surface area (Å²) < 4.78 is 0. The van der Waals surface area contributed by atoms with Crippen LogP contribution in [-0.4, -0.2) is 0 Å². The predicted octanol–water partition coefficient (Wildman–Crippen LogP) is 4.77. The van der Waals surface area contributed by atoms with Crippen molar-refractivity contribution < 1.29 is 0 Å². The molecule has 0 radical (unpaired) electrons. The van der Waals surface area contributed by atoms with Gasteiger partial charge in [-0.05, 0) is 34.7 Å². The van der Waals surface area contributed by atoms with Crippen LogP contribution in [-0.2, 0) is 0 Å². The van der Waals surface area contributed by atoms with Crippen molar-refractivity contribution in [1.82, 2.24) is 0 Å². The Morgan fingerprint density at radius 3 is 2.38 bits per heavy atom. The Morgan fingerprint density at radius 1 is 0.938 bits per heavy atom. The van der Waals surface area contributed by atoms with Gasteiger partial charge in [0, 0.05) is 4.90 Å². The van der Waals surface area contributed by atoms with Crippen LogP contribution in [0, 0.1) is 0 Å². The van der Waals surface area contributed by atoms with E-state index in [0.29, 0.717) is 5.92 Å². The van der Waals surface area contributed by atoms with Crippen LogP contribution in [0.15, 0.2) is 53.4 Å². The Labute approximate surface area is 103 Å². The molecule has 0 unspecified atom stereocenters. The maximum absolute atomic E-state index is 4.39. The molecular weight excluding hydrogens is 212 g/mol. The van der Waals surface area contributed by atoms with Crippen molar-refractivity contribution >= 4 is 12.6 Å². The Kier molecular flexibility index (Phi) is 3.35. The SMILES string of the molecule is CC(C)c1ccccc1-c1cccc(S)c1. The summed E-state index contributed by atoms with van der Waals surface area (Å²) in [5, 5.41) is 0. The monoisotopic (exact) mass is 228 g/mol. The molecule has 16 heavy (non-hydrogen) atoms. The molecule has 0 saturated heterocycles. The second-order valence-electron chi connectivity index (χ2n) is 4.29. The van der Waals surface area contributed by atoms with Crippen molar-refractivity contribution in [1.29, 1.82) is 0 Å². The van der Waals surface area contributed by atoms with Gasteiger partial charge in [-0.15, -0.1) is 12.6 Å². The Hall–Kier alpha value is -1.21. The first-order chi connectivity index (χ1) is 7.68. The van der Waals surface area contributed by atoms with Crippen LogP contribution in [0.25, 0.3) is 11.1 Å². The summed E-state index contributed by atoms with van der Waals surface area (Å²) in [7, 11) is 0. The van der Waals surface area contributed by atoms with E-state index in [1.54, 1.807) is 0 Å². The molecule has 0 aliphatic carbocycles. The first kappa shape index (κ1) is 11.3. The van der Waals surface area contributed by atoms with E-state index in [0.717, 1.165) is 4.90 Å². The topological polar surface area (TPSA) is 0 Å². The van der Waals surface area contributed by atoms with E-state index in [1.165, 1.54) is 16.7 Å². The highest BCUT2D eigenvalue weighted by Crippen LogP contribution is 2.29. The van der Waals surface area contributed by atoms with Gasteiger partial charge < -0.3 is 0 Å². The van der Waals surface area contributed by atoms with Crippen LogP contribution in [0.3, 0.4) is 0 Å². The molecule has 0 heterocycles. The lowest BCUT2D eigenvalue weighted by atomic mass is 9.93. The highest BCUT2D eigenvalue weighted by molar-refractivity contribution is 7.80. The van der Waals surface area contributed by atoms with Gasteiger partial charge in [-0.2, -0.15) is 0 Å². The van der Waals surface area contributed by atoms with Crippen molar-refractivity contribution in [3.63, 3.8) is 0 Å². The summed E-state index contributed by atoms with van der Waals surface area (Å²) in [6, 6.07) is 16.9. The lowest BCUT2D eigenvalue weighted by molar-refractivity contribution is 0.869. The molecule has 82 valence electrons. The minimum atomic E-state index is 0.541. The van der Waals surface area contributed by atoms with Gasteiger partial charge >= 0.3 is 0 Å². The zero-order valence-electron chi connectivity index (χ0n) is 9.64. The summed E-state index contributed by atoms with van der Waals surface area (Å²) >= 11 is 4.39. The fraction of sp³-hybridized carbons (Fsp3) is 0.200. The van der Waals surface area contributed by atoms with Gasteiger partial charge in [-0.1, -0.05) is 50.2 Å². The summed E-state index contributed by atoms with van der Waals surface area (Å²) in [6.07, 6.45) is 0. The molecule has 0 saturated carbocycles. The molecule has 0 aliphatic rings. The zero-order valence-corrected chi connectivity index (χ0v) is 10.5. The molecule has 0 amide bonds. The second-order valence-corrected chi connectivity index (χ2v) is 4.81. The molecule has 0 bridgehead atoms. The van der Waals surface area contributed by atoms with Crippen molar-refractivity contribution in [2.45, 2.75) is 24.7 Å². The zero-order chi connectivity index (χ0) is 11.5. The smallest absolute Gasteiger partial charge is 0.00461 e. The number of hydrogen-bond acceptors (Lipinski definition) is 1. The van der Waals surface area contributed by atoms with E-state index < -0.39 is 0 Å². The summed E-state index contributed by atoms with van der Waals surface area (Å²) in [5.74, 6) is 0.541. The molecule has 0 fully saturated rings. The lowest BCUT2D eigenvalue weighted by Gasteiger charge is -2.12. The summed E-state index contributed by atoms with van der Waals surface area (Å²) in [4.78, 5) is 1.01. The Bertz CT molecular complexity index is 486. The van der Waals surface area contributed by atoms with E-state index in [9.17, 15) is 0 Å². The first-order valence-corrected chi connectivity index (χ1v) is 6.01. The third kappa shape index (κ3) is 2.30. The maximum Gasteiger partial charge on any atom is 0.00461 e. The van der Waals surface area contributed by atoms with E-state index in [-0.39, 0.29) is 0 Å². The molecule has 0 N–H and O–H groups in total. The number of hydrogen-bond donors (Lipinski definition) is 1. The van der Waals surface area contributed by atoms with Gasteiger partial charge in [-0.3, -0.25) is 0 Å². The van der Waals surface area contributed by atoms with Crippen LogP contribution in [0.5, 0.6) is 0 Å². The highest BCUT2D eigenvalue weighted by atomic mass is 32.1. The van der Waals surface area contributed by atoms with Gasteiger partial charge in [0.2, 0.25) is 0 Å². The molecular formula is C15H16S.